The topological polar surface area (TPSA) is 46.3 Å². The second-order valence-corrected chi connectivity index (χ2v) is 4.36. The molecular formula is C9H16N2O. The number of rotatable bonds is 1. The Bertz CT molecular complexity index is 211. The molecule has 3 heteroatoms. The van der Waals surface area contributed by atoms with Gasteiger partial charge in [-0.3, -0.25) is 4.79 Å². The van der Waals surface area contributed by atoms with Crippen molar-refractivity contribution in [3.8, 4) is 0 Å². The third kappa shape index (κ3) is 1.22. The molecule has 0 aromatic carbocycles. The number of carbonyl (C=O) groups excluding carboxylic acids is 1. The van der Waals surface area contributed by atoms with Gasteiger partial charge >= 0.3 is 0 Å². The van der Waals surface area contributed by atoms with Crippen molar-refractivity contribution >= 4 is 5.91 Å². The minimum absolute atomic E-state index is 0.00986. The first-order chi connectivity index (χ1) is 5.62. The first kappa shape index (κ1) is 8.05. The number of likely N-dealkylation sites (tertiary alicyclic amines) is 1. The van der Waals surface area contributed by atoms with Gasteiger partial charge in [-0.25, -0.2) is 0 Å². The van der Waals surface area contributed by atoms with E-state index in [-0.39, 0.29) is 11.5 Å². The van der Waals surface area contributed by atoms with E-state index in [1.807, 2.05) is 4.90 Å². The zero-order valence-electron chi connectivity index (χ0n) is 7.55. The number of carbonyl (C=O) groups is 1. The van der Waals surface area contributed by atoms with Gasteiger partial charge in [0.05, 0.1) is 0 Å². The van der Waals surface area contributed by atoms with Crippen molar-refractivity contribution < 1.29 is 4.79 Å². The SMILES string of the molecule is CC1(C(=O)N2CC[C@@H](N)C2)CC1. The van der Waals surface area contributed by atoms with Gasteiger partial charge in [0.25, 0.3) is 0 Å². The molecule has 0 unspecified atom stereocenters. The van der Waals surface area contributed by atoms with Crippen LogP contribution in [0.4, 0.5) is 0 Å². The molecule has 2 aliphatic rings. The Hall–Kier alpha value is -0.570. The lowest BCUT2D eigenvalue weighted by atomic mass is 10.1. The molecule has 1 heterocycles. The molecule has 1 saturated heterocycles. The van der Waals surface area contributed by atoms with Gasteiger partial charge in [0.2, 0.25) is 5.91 Å². The number of amides is 1. The smallest absolute Gasteiger partial charge is 0.228 e. The Labute approximate surface area is 72.9 Å². The maximum absolute atomic E-state index is 11.7. The Morgan fingerprint density at radius 1 is 1.58 bits per heavy atom. The molecule has 1 saturated carbocycles. The van der Waals surface area contributed by atoms with Crippen molar-refractivity contribution in [1.29, 1.82) is 0 Å². The number of hydrogen-bond acceptors (Lipinski definition) is 2. The molecule has 0 aromatic rings. The monoisotopic (exact) mass is 168 g/mol. The van der Waals surface area contributed by atoms with Crippen LogP contribution in [0.5, 0.6) is 0 Å². The minimum atomic E-state index is -0.00986. The third-order valence-electron chi connectivity index (χ3n) is 3.03. The average molecular weight is 168 g/mol. The Balaban J connectivity index is 1.97. The lowest BCUT2D eigenvalue weighted by Gasteiger charge is -2.19. The van der Waals surface area contributed by atoms with Crippen LogP contribution in [0.3, 0.4) is 0 Å². The molecule has 3 nitrogen and oxygen atoms in total. The van der Waals surface area contributed by atoms with Crippen molar-refractivity contribution in [2.45, 2.75) is 32.2 Å². The van der Waals surface area contributed by atoms with Crippen LogP contribution in [0, 0.1) is 5.41 Å². The summed E-state index contributed by atoms with van der Waals surface area (Å²) in [5, 5.41) is 0. The highest BCUT2D eigenvalue weighted by molar-refractivity contribution is 5.85. The normalized spacial score (nSPS) is 32.2. The molecule has 68 valence electrons. The summed E-state index contributed by atoms with van der Waals surface area (Å²) in [6.45, 7) is 3.70. The van der Waals surface area contributed by atoms with Crippen LogP contribution in [0.15, 0.2) is 0 Å². The molecule has 0 aromatic heterocycles. The molecule has 1 atom stereocenters. The summed E-state index contributed by atoms with van der Waals surface area (Å²) < 4.78 is 0. The second kappa shape index (κ2) is 2.46. The standard InChI is InChI=1S/C9H16N2O/c1-9(3-4-9)8(12)11-5-2-7(10)6-11/h7H,2-6,10H2,1H3/t7-/m1/s1. The Morgan fingerprint density at radius 3 is 2.67 bits per heavy atom. The number of nitrogens with two attached hydrogens (primary N) is 1. The molecule has 1 aliphatic carbocycles. The summed E-state index contributed by atoms with van der Waals surface area (Å²) in [5.74, 6) is 0.329. The van der Waals surface area contributed by atoms with E-state index in [1.54, 1.807) is 0 Å². The quantitative estimate of drug-likeness (QED) is 0.614. The van der Waals surface area contributed by atoms with E-state index in [1.165, 1.54) is 0 Å². The fourth-order valence-corrected chi connectivity index (χ4v) is 1.75. The summed E-state index contributed by atoms with van der Waals surface area (Å²) in [6.07, 6.45) is 3.11. The van der Waals surface area contributed by atoms with E-state index in [0.717, 1.165) is 32.4 Å². The van der Waals surface area contributed by atoms with Crippen molar-refractivity contribution in [3.63, 3.8) is 0 Å². The second-order valence-electron chi connectivity index (χ2n) is 4.36. The summed E-state index contributed by atoms with van der Waals surface area (Å²) in [6, 6.07) is 0.219. The lowest BCUT2D eigenvalue weighted by Crippen LogP contribution is -2.36. The van der Waals surface area contributed by atoms with Crippen molar-refractivity contribution in [2.75, 3.05) is 13.1 Å². The number of hydrogen-bond donors (Lipinski definition) is 1. The number of nitrogens with zero attached hydrogens (tertiary/aromatic N) is 1. The Kier molecular flexibility index (Phi) is 1.65. The first-order valence-corrected chi connectivity index (χ1v) is 4.67. The van der Waals surface area contributed by atoms with Gasteiger partial charge in [0.15, 0.2) is 0 Å². The predicted octanol–water partition coefficient (Wildman–Crippen LogP) is 0.346. The predicted molar refractivity (Wildman–Crippen MR) is 46.5 cm³/mol. The molecule has 12 heavy (non-hydrogen) atoms. The summed E-state index contributed by atoms with van der Waals surface area (Å²) >= 11 is 0. The molecular weight excluding hydrogens is 152 g/mol. The fraction of sp³-hybridized carbons (Fsp3) is 0.889. The maximum Gasteiger partial charge on any atom is 0.228 e. The molecule has 2 rings (SSSR count). The highest BCUT2D eigenvalue weighted by atomic mass is 16.2. The van der Waals surface area contributed by atoms with Crippen LogP contribution in [0.2, 0.25) is 0 Å². The highest BCUT2D eigenvalue weighted by Gasteiger charge is 2.47. The van der Waals surface area contributed by atoms with Gasteiger partial charge in [-0.1, -0.05) is 6.92 Å². The first-order valence-electron chi connectivity index (χ1n) is 4.67. The van der Waals surface area contributed by atoms with Crippen molar-refractivity contribution in [1.82, 2.24) is 4.90 Å². The van der Waals surface area contributed by atoms with Crippen LogP contribution in [0.1, 0.15) is 26.2 Å². The molecule has 1 aliphatic heterocycles. The van der Waals surface area contributed by atoms with Gasteiger partial charge in [-0.15, -0.1) is 0 Å². The molecule has 2 fully saturated rings. The van der Waals surface area contributed by atoms with Gasteiger partial charge in [-0.05, 0) is 19.3 Å². The molecule has 0 bridgehead atoms. The average Bonchev–Trinajstić information content (AvgIpc) is 2.62. The van der Waals surface area contributed by atoms with Crippen LogP contribution < -0.4 is 5.73 Å². The summed E-state index contributed by atoms with van der Waals surface area (Å²) in [4.78, 5) is 13.7. The highest BCUT2D eigenvalue weighted by Crippen LogP contribution is 2.46. The molecule has 0 spiro atoms. The van der Waals surface area contributed by atoms with E-state index in [4.69, 9.17) is 5.73 Å². The van der Waals surface area contributed by atoms with Crippen molar-refractivity contribution in [3.05, 3.63) is 0 Å². The van der Waals surface area contributed by atoms with E-state index in [9.17, 15) is 4.79 Å². The van der Waals surface area contributed by atoms with Crippen LogP contribution in [-0.4, -0.2) is 29.9 Å². The zero-order chi connectivity index (χ0) is 8.77. The zero-order valence-corrected chi connectivity index (χ0v) is 7.55. The molecule has 0 radical (unpaired) electrons. The van der Waals surface area contributed by atoms with Gasteiger partial charge in [0, 0.05) is 24.5 Å². The molecule has 1 amide bonds. The largest absolute Gasteiger partial charge is 0.341 e. The van der Waals surface area contributed by atoms with Gasteiger partial charge in [-0.2, -0.15) is 0 Å². The van der Waals surface area contributed by atoms with Gasteiger partial charge < -0.3 is 10.6 Å². The third-order valence-corrected chi connectivity index (χ3v) is 3.03. The Morgan fingerprint density at radius 2 is 2.25 bits per heavy atom. The van der Waals surface area contributed by atoms with Crippen LogP contribution in [-0.2, 0) is 4.79 Å². The fourth-order valence-electron chi connectivity index (χ4n) is 1.75. The van der Waals surface area contributed by atoms with E-state index >= 15 is 0 Å². The van der Waals surface area contributed by atoms with E-state index in [2.05, 4.69) is 6.92 Å². The lowest BCUT2D eigenvalue weighted by molar-refractivity contribution is -0.135. The van der Waals surface area contributed by atoms with Crippen LogP contribution in [0.25, 0.3) is 0 Å². The van der Waals surface area contributed by atoms with Gasteiger partial charge in [0.1, 0.15) is 0 Å². The maximum atomic E-state index is 11.7. The summed E-state index contributed by atoms with van der Waals surface area (Å²) in [5.41, 5.74) is 5.72. The van der Waals surface area contributed by atoms with E-state index in [0.29, 0.717) is 5.91 Å². The summed E-state index contributed by atoms with van der Waals surface area (Å²) in [7, 11) is 0. The molecule has 2 N–H and O–H groups in total. The van der Waals surface area contributed by atoms with Crippen molar-refractivity contribution in [2.24, 2.45) is 11.1 Å². The minimum Gasteiger partial charge on any atom is -0.341 e. The van der Waals surface area contributed by atoms with Crippen LogP contribution >= 0.6 is 0 Å². The van der Waals surface area contributed by atoms with E-state index < -0.39 is 0 Å².